The Balaban J connectivity index is 2.92. The lowest BCUT2D eigenvalue weighted by molar-refractivity contribution is 0.564. The second-order valence-electron chi connectivity index (χ2n) is 3.33. The van der Waals surface area contributed by atoms with E-state index in [1.807, 2.05) is 0 Å². The monoisotopic (exact) mass is 445 g/mol. The summed E-state index contributed by atoms with van der Waals surface area (Å²) in [6.07, 6.45) is 0. The summed E-state index contributed by atoms with van der Waals surface area (Å²) in [7, 11) is -2.34. The van der Waals surface area contributed by atoms with Crippen LogP contribution < -0.4 is 0 Å². The maximum absolute atomic E-state index is 12.2. The Morgan fingerprint density at radius 3 is 2.21 bits per heavy atom. The normalized spacial score (nSPS) is 14.7. The Bertz CT molecular complexity index is 532. The summed E-state index contributed by atoms with van der Waals surface area (Å²) in [4.78, 5) is 0.0973. The number of hydrogen-bond donors (Lipinski definition) is 0. The second-order valence-corrected chi connectivity index (χ2v) is 11.4. The van der Waals surface area contributed by atoms with E-state index in [0.29, 0.717) is 5.02 Å². The molecule has 19 heavy (non-hydrogen) atoms. The highest BCUT2D eigenvalue weighted by atomic mass is 79.9. The Labute approximate surface area is 144 Å². The molecule has 3 nitrogen and oxygen atoms in total. The molecule has 0 saturated heterocycles. The highest BCUT2D eigenvalue weighted by Crippen LogP contribution is 2.43. The Hall–Kier alpha value is 1.12. The molecule has 1 atom stereocenters. The summed E-state index contributed by atoms with van der Waals surface area (Å²) in [6, 6.07) is 5.79. The van der Waals surface area contributed by atoms with Gasteiger partial charge in [0.05, 0.1) is 4.90 Å². The van der Waals surface area contributed by atoms with E-state index in [-0.39, 0.29) is 4.90 Å². The summed E-state index contributed by atoms with van der Waals surface area (Å²) in [5, 5.41) is 0.450. The molecule has 0 amide bonds. The smallest absolute Gasteiger partial charge is 0.206 e. The van der Waals surface area contributed by atoms with Crippen molar-refractivity contribution in [3.63, 3.8) is 0 Å². The molecule has 0 fully saturated rings. The lowest BCUT2D eigenvalue weighted by Gasteiger charge is -2.23. The van der Waals surface area contributed by atoms with Gasteiger partial charge in [0.15, 0.2) is 3.24 Å². The van der Waals surface area contributed by atoms with Gasteiger partial charge in [-0.3, -0.25) is 0 Å². The van der Waals surface area contributed by atoms with E-state index in [9.17, 15) is 8.42 Å². The topological polar surface area (TPSA) is 37.4 Å². The molecule has 1 aromatic carbocycles. The SMILES string of the molecule is CN(SC(Cl)C(Cl)(Cl)Br)S(=O)(=O)c1ccc(Cl)cc1. The van der Waals surface area contributed by atoms with Crippen molar-refractivity contribution >= 4 is 84.3 Å². The van der Waals surface area contributed by atoms with Crippen molar-refractivity contribution < 1.29 is 8.42 Å². The average molecular weight is 448 g/mol. The van der Waals surface area contributed by atoms with Crippen LogP contribution in [0.4, 0.5) is 0 Å². The molecule has 0 saturated carbocycles. The molecule has 1 unspecified atom stereocenters. The van der Waals surface area contributed by atoms with Crippen molar-refractivity contribution in [2.45, 2.75) is 12.8 Å². The van der Waals surface area contributed by atoms with Crippen LogP contribution in [0.15, 0.2) is 29.2 Å². The van der Waals surface area contributed by atoms with Gasteiger partial charge in [-0.1, -0.05) is 34.8 Å². The largest absolute Gasteiger partial charge is 0.252 e. The quantitative estimate of drug-likeness (QED) is 0.485. The van der Waals surface area contributed by atoms with Crippen molar-refractivity contribution in [1.29, 1.82) is 0 Å². The van der Waals surface area contributed by atoms with Crippen LogP contribution in [0.25, 0.3) is 0 Å². The van der Waals surface area contributed by atoms with Gasteiger partial charge in [0.2, 0.25) is 0 Å². The van der Waals surface area contributed by atoms with Crippen molar-refractivity contribution in [3.05, 3.63) is 29.3 Å². The molecule has 0 aliphatic rings. The van der Waals surface area contributed by atoms with Crippen molar-refractivity contribution in [3.8, 4) is 0 Å². The van der Waals surface area contributed by atoms with Gasteiger partial charge in [0.25, 0.3) is 10.0 Å². The number of alkyl halides is 4. The molecule has 0 N–H and O–H groups in total. The van der Waals surface area contributed by atoms with Crippen LogP contribution in [0.1, 0.15) is 0 Å². The molecule has 1 rings (SSSR count). The van der Waals surface area contributed by atoms with Crippen LogP contribution in [0, 0.1) is 0 Å². The average Bonchev–Trinajstić information content (AvgIpc) is 2.28. The zero-order chi connectivity index (χ0) is 14.8. The number of sulfonamides is 1. The van der Waals surface area contributed by atoms with E-state index in [1.54, 1.807) is 0 Å². The third-order valence-electron chi connectivity index (χ3n) is 1.95. The first-order valence-electron chi connectivity index (χ1n) is 4.67. The van der Waals surface area contributed by atoms with E-state index in [2.05, 4.69) is 15.9 Å². The summed E-state index contributed by atoms with van der Waals surface area (Å²) in [6.45, 7) is 0. The highest BCUT2D eigenvalue weighted by molar-refractivity contribution is 9.11. The zero-order valence-corrected chi connectivity index (χ0v) is 15.6. The van der Waals surface area contributed by atoms with E-state index < -0.39 is 18.0 Å². The maximum atomic E-state index is 12.2. The fourth-order valence-electron chi connectivity index (χ4n) is 1.00. The summed E-state index contributed by atoms with van der Waals surface area (Å²) < 4.78 is 23.1. The van der Waals surface area contributed by atoms with Gasteiger partial charge >= 0.3 is 0 Å². The van der Waals surface area contributed by atoms with Crippen molar-refractivity contribution in [1.82, 2.24) is 3.71 Å². The van der Waals surface area contributed by atoms with Crippen LogP contribution in [-0.2, 0) is 10.0 Å². The molecule has 0 aliphatic carbocycles. The van der Waals surface area contributed by atoms with E-state index >= 15 is 0 Å². The number of halogens is 5. The van der Waals surface area contributed by atoms with Gasteiger partial charge in [-0.05, 0) is 52.1 Å². The summed E-state index contributed by atoms with van der Waals surface area (Å²) in [5.74, 6) is 0. The number of nitrogens with zero attached hydrogens (tertiary/aromatic N) is 1. The first kappa shape index (κ1) is 18.2. The molecule has 10 heteroatoms. The highest BCUT2D eigenvalue weighted by Gasteiger charge is 2.35. The van der Waals surface area contributed by atoms with E-state index in [0.717, 1.165) is 15.7 Å². The lowest BCUT2D eigenvalue weighted by atomic mass is 10.4. The molecule has 0 spiro atoms. The number of rotatable bonds is 5. The third-order valence-corrected chi connectivity index (χ3v) is 7.94. The molecule has 0 bridgehead atoms. The molecular weight excluding hydrogens is 440 g/mol. The van der Waals surface area contributed by atoms with Gasteiger partial charge in [0.1, 0.15) is 4.71 Å². The standard InChI is InChI=1S/C9H8BrCl4NO2S2/c1-15(18-8(12)9(10,13)14)19(16,17)7-4-2-6(11)3-5-7/h2-5,8H,1H3. The predicted molar refractivity (Wildman–Crippen MR) is 87.0 cm³/mol. The molecule has 0 radical (unpaired) electrons. The van der Waals surface area contributed by atoms with Gasteiger partial charge in [-0.2, -0.15) is 0 Å². The first-order chi connectivity index (χ1) is 8.55. The zero-order valence-electron chi connectivity index (χ0n) is 9.36. The van der Waals surface area contributed by atoms with Crippen LogP contribution in [0.5, 0.6) is 0 Å². The van der Waals surface area contributed by atoms with Gasteiger partial charge in [0, 0.05) is 12.1 Å². The van der Waals surface area contributed by atoms with Crippen molar-refractivity contribution in [2.75, 3.05) is 7.05 Å². The molecule has 0 heterocycles. The molecule has 108 valence electrons. The minimum absolute atomic E-state index is 0.0973. The van der Waals surface area contributed by atoms with Gasteiger partial charge in [-0.15, -0.1) is 15.3 Å². The molecule has 0 aliphatic heterocycles. The van der Waals surface area contributed by atoms with E-state index in [4.69, 9.17) is 46.4 Å². The molecular formula is C9H8BrCl4NO2S2. The first-order valence-corrected chi connectivity index (χ1v) is 9.31. The second kappa shape index (κ2) is 6.92. The minimum atomic E-state index is -3.70. The number of hydrogen-bond acceptors (Lipinski definition) is 3. The van der Waals surface area contributed by atoms with Crippen LogP contribution >= 0.6 is 74.3 Å². The van der Waals surface area contributed by atoms with Gasteiger partial charge < -0.3 is 0 Å². The summed E-state index contributed by atoms with van der Waals surface area (Å²) in [5.41, 5.74) is 0. The molecule has 0 aromatic heterocycles. The third kappa shape index (κ3) is 5.11. The van der Waals surface area contributed by atoms with Crippen LogP contribution in [0.3, 0.4) is 0 Å². The molecule has 1 aromatic rings. The minimum Gasteiger partial charge on any atom is -0.206 e. The summed E-state index contributed by atoms with van der Waals surface area (Å²) >= 11 is 26.8. The maximum Gasteiger partial charge on any atom is 0.252 e. The van der Waals surface area contributed by atoms with Gasteiger partial charge in [-0.25, -0.2) is 8.42 Å². The van der Waals surface area contributed by atoms with Crippen LogP contribution in [0.2, 0.25) is 5.02 Å². The Morgan fingerprint density at radius 1 is 1.32 bits per heavy atom. The number of benzene rings is 1. The fourth-order valence-corrected chi connectivity index (χ4v) is 4.24. The van der Waals surface area contributed by atoms with Crippen LogP contribution in [-0.4, -0.2) is 27.1 Å². The van der Waals surface area contributed by atoms with E-state index in [1.165, 1.54) is 31.3 Å². The Kier molecular flexibility index (Phi) is 6.62. The van der Waals surface area contributed by atoms with Crippen molar-refractivity contribution in [2.24, 2.45) is 0 Å². The predicted octanol–water partition coefficient (Wildman–Crippen LogP) is 4.70. The Morgan fingerprint density at radius 2 is 1.79 bits per heavy atom. The fraction of sp³-hybridized carbons (Fsp3) is 0.333. The lowest BCUT2D eigenvalue weighted by Crippen LogP contribution is -2.26.